The zero-order valence-electron chi connectivity index (χ0n) is 17.2. The van der Waals surface area contributed by atoms with Gasteiger partial charge in [-0.15, -0.1) is 0 Å². The molecule has 1 saturated carbocycles. The van der Waals surface area contributed by atoms with Crippen LogP contribution >= 0.6 is 0 Å². The molecule has 2 aromatic carbocycles. The summed E-state index contributed by atoms with van der Waals surface area (Å²) in [6.07, 6.45) is 6.16. The van der Waals surface area contributed by atoms with Gasteiger partial charge in [-0.3, -0.25) is 9.69 Å². The van der Waals surface area contributed by atoms with Gasteiger partial charge in [0.15, 0.2) is 0 Å². The van der Waals surface area contributed by atoms with Gasteiger partial charge in [0.1, 0.15) is 5.75 Å². The molecule has 5 heteroatoms. The fraction of sp³-hybridized carbons (Fsp3) is 0.400. The van der Waals surface area contributed by atoms with Gasteiger partial charge in [0, 0.05) is 36.1 Å². The first kappa shape index (κ1) is 19.2. The van der Waals surface area contributed by atoms with Crippen LogP contribution < -0.4 is 5.32 Å². The molecule has 1 aliphatic heterocycles. The van der Waals surface area contributed by atoms with E-state index in [1.807, 2.05) is 18.2 Å². The van der Waals surface area contributed by atoms with Crippen molar-refractivity contribution in [2.75, 3.05) is 19.6 Å². The molecule has 1 aromatic heterocycles. The Morgan fingerprint density at radius 2 is 1.90 bits per heavy atom. The van der Waals surface area contributed by atoms with Gasteiger partial charge < -0.3 is 15.4 Å². The highest BCUT2D eigenvalue weighted by Gasteiger charge is 2.58. The summed E-state index contributed by atoms with van der Waals surface area (Å²) in [5.74, 6) is 0.742. The number of fused-ring (bicyclic) bond motifs is 1. The predicted molar refractivity (Wildman–Crippen MR) is 118 cm³/mol. The highest BCUT2D eigenvalue weighted by atomic mass is 16.3. The van der Waals surface area contributed by atoms with Crippen LogP contribution in [0, 0.1) is 11.3 Å². The maximum Gasteiger partial charge on any atom is 0.223 e. The van der Waals surface area contributed by atoms with Crippen LogP contribution in [0.5, 0.6) is 5.75 Å². The molecule has 30 heavy (non-hydrogen) atoms. The van der Waals surface area contributed by atoms with E-state index in [2.05, 4.69) is 39.6 Å². The van der Waals surface area contributed by atoms with E-state index in [-0.39, 0.29) is 17.2 Å². The van der Waals surface area contributed by atoms with Crippen LogP contribution in [0.4, 0.5) is 0 Å². The third-order valence-corrected chi connectivity index (χ3v) is 7.07. The highest BCUT2D eigenvalue weighted by Crippen LogP contribution is 2.59. The minimum Gasteiger partial charge on any atom is -0.508 e. The van der Waals surface area contributed by atoms with Gasteiger partial charge in [-0.25, -0.2) is 0 Å². The van der Waals surface area contributed by atoms with E-state index in [1.165, 1.54) is 16.5 Å². The first-order chi connectivity index (χ1) is 14.6. The number of nitrogens with one attached hydrogen (secondary N) is 2. The van der Waals surface area contributed by atoms with Crippen LogP contribution in [0.15, 0.2) is 54.7 Å². The van der Waals surface area contributed by atoms with E-state index in [0.717, 1.165) is 50.8 Å². The van der Waals surface area contributed by atoms with Crippen molar-refractivity contribution in [2.24, 2.45) is 11.3 Å². The molecule has 1 saturated heterocycles. The van der Waals surface area contributed by atoms with Crippen molar-refractivity contribution in [3.05, 3.63) is 65.9 Å². The van der Waals surface area contributed by atoms with Crippen LogP contribution in [0.3, 0.4) is 0 Å². The fourth-order valence-electron chi connectivity index (χ4n) is 5.07. The topological polar surface area (TPSA) is 68.4 Å². The minimum atomic E-state index is 0.191. The number of H-pyrrole nitrogens is 1. The largest absolute Gasteiger partial charge is 0.508 e. The molecule has 2 fully saturated rings. The first-order valence-electron chi connectivity index (χ1n) is 11.0. The van der Waals surface area contributed by atoms with Crippen LogP contribution in [-0.4, -0.2) is 40.5 Å². The number of phenols is 1. The molecule has 0 radical (unpaired) electrons. The summed E-state index contributed by atoms with van der Waals surface area (Å²) in [7, 11) is 0. The molecule has 5 nitrogen and oxygen atoms in total. The standard InChI is InChI=1S/C25H29N3O2/c29-20-7-5-18(6-8-20)17-28-13-10-25(11-14-28)15-22(25)24(30)26-12-9-19-16-27-23-4-2-1-3-21(19)23/h1-8,16,22,27,29H,9-15,17H2,(H,26,30). The molecule has 2 heterocycles. The molecule has 1 atom stereocenters. The van der Waals surface area contributed by atoms with E-state index in [9.17, 15) is 9.90 Å². The summed E-state index contributed by atoms with van der Waals surface area (Å²) in [6, 6.07) is 15.8. The van der Waals surface area contributed by atoms with Crippen LogP contribution in [-0.2, 0) is 17.8 Å². The van der Waals surface area contributed by atoms with Crippen molar-refractivity contribution >= 4 is 16.8 Å². The number of rotatable bonds is 6. The van der Waals surface area contributed by atoms with Crippen molar-refractivity contribution < 1.29 is 9.90 Å². The number of hydrogen-bond donors (Lipinski definition) is 3. The Morgan fingerprint density at radius 1 is 1.13 bits per heavy atom. The number of piperidine rings is 1. The second kappa shape index (κ2) is 7.80. The average Bonchev–Trinajstić information content (AvgIpc) is 3.32. The zero-order valence-corrected chi connectivity index (χ0v) is 17.2. The second-order valence-electron chi connectivity index (χ2n) is 8.96. The Hall–Kier alpha value is -2.79. The van der Waals surface area contributed by atoms with E-state index in [1.54, 1.807) is 12.1 Å². The number of carbonyl (C=O) groups excluding carboxylic acids is 1. The van der Waals surface area contributed by atoms with Gasteiger partial charge in [-0.1, -0.05) is 30.3 Å². The number of aromatic amines is 1. The number of aromatic hydroxyl groups is 1. The lowest BCUT2D eigenvalue weighted by Gasteiger charge is -2.32. The van der Waals surface area contributed by atoms with E-state index >= 15 is 0 Å². The molecule has 1 unspecified atom stereocenters. The Kier molecular flexibility index (Phi) is 4.99. The molecular formula is C25H29N3O2. The number of phenolic OH excluding ortho intramolecular Hbond substituents is 1. The molecule has 1 amide bonds. The third-order valence-electron chi connectivity index (χ3n) is 7.07. The van der Waals surface area contributed by atoms with Crippen LogP contribution in [0.2, 0.25) is 0 Å². The maximum atomic E-state index is 12.7. The lowest BCUT2D eigenvalue weighted by atomic mass is 9.90. The van der Waals surface area contributed by atoms with Gasteiger partial charge in [0.05, 0.1) is 0 Å². The highest BCUT2D eigenvalue weighted by molar-refractivity contribution is 5.84. The predicted octanol–water partition coefficient (Wildman–Crippen LogP) is 3.83. The SMILES string of the molecule is O=C(NCCc1c[nH]c2ccccc12)C1CC12CCN(Cc1ccc(O)cc1)CC2. The molecule has 3 N–H and O–H groups in total. The van der Waals surface area contributed by atoms with Crippen molar-refractivity contribution in [3.8, 4) is 5.75 Å². The summed E-state index contributed by atoms with van der Waals surface area (Å²) >= 11 is 0. The molecule has 156 valence electrons. The number of hydrogen-bond acceptors (Lipinski definition) is 3. The average molecular weight is 404 g/mol. The minimum absolute atomic E-state index is 0.191. The van der Waals surface area contributed by atoms with Gasteiger partial charge in [0.25, 0.3) is 0 Å². The number of nitrogens with zero attached hydrogens (tertiary/aromatic N) is 1. The summed E-state index contributed by atoms with van der Waals surface area (Å²) in [4.78, 5) is 18.5. The van der Waals surface area contributed by atoms with E-state index in [4.69, 9.17) is 0 Å². The monoisotopic (exact) mass is 403 g/mol. The summed E-state index contributed by atoms with van der Waals surface area (Å²) in [5.41, 5.74) is 3.88. The van der Waals surface area contributed by atoms with Crippen LogP contribution in [0.1, 0.15) is 30.4 Å². The zero-order chi connectivity index (χ0) is 20.6. The Morgan fingerprint density at radius 3 is 2.70 bits per heavy atom. The van der Waals surface area contributed by atoms with Crippen molar-refractivity contribution in [1.82, 2.24) is 15.2 Å². The van der Waals surface area contributed by atoms with Crippen LogP contribution in [0.25, 0.3) is 10.9 Å². The lowest BCUT2D eigenvalue weighted by molar-refractivity contribution is -0.123. The molecular weight excluding hydrogens is 374 g/mol. The van der Waals surface area contributed by atoms with Gasteiger partial charge in [-0.05, 0) is 73.5 Å². The van der Waals surface area contributed by atoms with Crippen molar-refractivity contribution in [2.45, 2.75) is 32.2 Å². The quantitative estimate of drug-likeness (QED) is 0.586. The number of likely N-dealkylation sites (tertiary alicyclic amines) is 1. The lowest BCUT2D eigenvalue weighted by Crippen LogP contribution is -2.37. The van der Waals surface area contributed by atoms with E-state index in [0.29, 0.717) is 12.3 Å². The van der Waals surface area contributed by atoms with Gasteiger partial charge in [0.2, 0.25) is 5.91 Å². The summed E-state index contributed by atoms with van der Waals surface area (Å²) in [6.45, 7) is 3.69. The molecule has 0 bridgehead atoms. The molecule has 1 spiro atoms. The number of para-hydroxylation sites is 1. The normalized spacial score (nSPS) is 20.5. The Balaban J connectivity index is 1.08. The van der Waals surface area contributed by atoms with Crippen molar-refractivity contribution in [3.63, 3.8) is 0 Å². The van der Waals surface area contributed by atoms with Gasteiger partial charge in [-0.2, -0.15) is 0 Å². The maximum absolute atomic E-state index is 12.7. The number of benzene rings is 2. The number of aromatic nitrogens is 1. The second-order valence-corrected chi connectivity index (χ2v) is 8.96. The smallest absolute Gasteiger partial charge is 0.223 e. The van der Waals surface area contributed by atoms with Gasteiger partial charge >= 0.3 is 0 Å². The fourth-order valence-corrected chi connectivity index (χ4v) is 5.07. The molecule has 2 aliphatic rings. The Bertz CT molecular complexity index is 1030. The van der Waals surface area contributed by atoms with E-state index < -0.39 is 0 Å². The van der Waals surface area contributed by atoms with Crippen molar-refractivity contribution in [1.29, 1.82) is 0 Å². The number of amides is 1. The molecule has 3 aromatic rings. The molecule has 1 aliphatic carbocycles. The molecule has 5 rings (SSSR count). The first-order valence-corrected chi connectivity index (χ1v) is 11.0. The number of carbonyl (C=O) groups is 1. The summed E-state index contributed by atoms with van der Waals surface area (Å²) in [5, 5.41) is 13.9. The Labute approximate surface area is 177 Å². The summed E-state index contributed by atoms with van der Waals surface area (Å²) < 4.78 is 0. The third kappa shape index (κ3) is 3.82.